The second-order valence-corrected chi connectivity index (χ2v) is 5.61. The molecule has 0 radical (unpaired) electrons. The van der Waals surface area contributed by atoms with Crippen LogP contribution in [0.4, 0.5) is 8.78 Å². The van der Waals surface area contributed by atoms with Crippen molar-refractivity contribution in [3.05, 3.63) is 70.8 Å². The number of aryl methyl sites for hydroxylation is 1. The molecule has 0 unspecified atom stereocenters. The first-order chi connectivity index (χ1) is 11.9. The first kappa shape index (κ1) is 18.6. The Labute approximate surface area is 144 Å². The van der Waals surface area contributed by atoms with Crippen LogP contribution in [0.2, 0.25) is 0 Å². The smallest absolute Gasteiger partial charge is 0.344 e. The average Bonchev–Trinajstić information content (AvgIpc) is 2.58. The van der Waals surface area contributed by atoms with E-state index in [2.05, 4.69) is 5.32 Å². The van der Waals surface area contributed by atoms with Gasteiger partial charge in [-0.05, 0) is 31.0 Å². The standard InChI is InChI=1S/C19H19F2NO3/c1-3-16(13-9-7-12(2)8-10-13)22-17(23)11-25-19(24)18-14(20)5-4-6-15(18)21/h4-10,16H,3,11H2,1-2H3,(H,22,23)/t16-/m1/s1. The molecule has 2 rings (SSSR count). The van der Waals surface area contributed by atoms with Crippen LogP contribution in [-0.2, 0) is 9.53 Å². The van der Waals surface area contributed by atoms with Gasteiger partial charge in [0.25, 0.3) is 5.91 Å². The summed E-state index contributed by atoms with van der Waals surface area (Å²) < 4.78 is 31.7. The molecule has 0 saturated heterocycles. The SMILES string of the molecule is CC[C@@H](NC(=O)COC(=O)c1c(F)cccc1F)c1ccc(C)cc1. The van der Waals surface area contributed by atoms with Gasteiger partial charge in [-0.1, -0.05) is 42.8 Å². The van der Waals surface area contributed by atoms with Crippen LogP contribution in [0.15, 0.2) is 42.5 Å². The number of amides is 1. The number of halogens is 2. The molecule has 0 aliphatic heterocycles. The molecule has 2 aromatic rings. The van der Waals surface area contributed by atoms with E-state index in [4.69, 9.17) is 4.74 Å². The fraction of sp³-hybridized carbons (Fsp3) is 0.263. The average molecular weight is 347 g/mol. The van der Waals surface area contributed by atoms with Crippen LogP contribution in [0.25, 0.3) is 0 Å². The topological polar surface area (TPSA) is 55.4 Å². The minimum absolute atomic E-state index is 0.239. The van der Waals surface area contributed by atoms with Gasteiger partial charge in [0.2, 0.25) is 0 Å². The van der Waals surface area contributed by atoms with E-state index in [-0.39, 0.29) is 6.04 Å². The maximum absolute atomic E-state index is 13.5. The summed E-state index contributed by atoms with van der Waals surface area (Å²) in [4.78, 5) is 23.8. The zero-order valence-corrected chi connectivity index (χ0v) is 14.0. The van der Waals surface area contributed by atoms with Crippen molar-refractivity contribution in [3.63, 3.8) is 0 Å². The second-order valence-electron chi connectivity index (χ2n) is 5.61. The molecule has 2 aromatic carbocycles. The molecule has 25 heavy (non-hydrogen) atoms. The van der Waals surface area contributed by atoms with Crippen molar-refractivity contribution in [2.75, 3.05) is 6.61 Å². The molecular weight excluding hydrogens is 328 g/mol. The summed E-state index contributed by atoms with van der Waals surface area (Å²) in [7, 11) is 0. The zero-order chi connectivity index (χ0) is 18.4. The Morgan fingerprint density at radius 1 is 1.08 bits per heavy atom. The highest BCUT2D eigenvalue weighted by Gasteiger charge is 2.20. The highest BCUT2D eigenvalue weighted by molar-refractivity contribution is 5.91. The molecule has 0 aliphatic carbocycles. The number of ether oxygens (including phenoxy) is 1. The summed E-state index contributed by atoms with van der Waals surface area (Å²) in [5.41, 5.74) is 1.22. The van der Waals surface area contributed by atoms with Crippen molar-refractivity contribution in [2.45, 2.75) is 26.3 Å². The number of esters is 1. The molecule has 1 atom stereocenters. The van der Waals surface area contributed by atoms with Crippen molar-refractivity contribution >= 4 is 11.9 Å². The van der Waals surface area contributed by atoms with Gasteiger partial charge in [0.1, 0.15) is 17.2 Å². The Balaban J connectivity index is 1.95. The Kier molecular flexibility index (Phi) is 6.22. The number of rotatable bonds is 6. The quantitative estimate of drug-likeness (QED) is 0.811. The van der Waals surface area contributed by atoms with Crippen molar-refractivity contribution in [3.8, 4) is 0 Å². The summed E-state index contributed by atoms with van der Waals surface area (Å²) in [5.74, 6) is -3.82. The lowest BCUT2D eigenvalue weighted by molar-refractivity contribution is -0.125. The van der Waals surface area contributed by atoms with Gasteiger partial charge < -0.3 is 10.1 Å². The number of carbonyl (C=O) groups is 2. The Morgan fingerprint density at radius 2 is 1.68 bits per heavy atom. The molecule has 1 N–H and O–H groups in total. The molecule has 4 nitrogen and oxygen atoms in total. The van der Waals surface area contributed by atoms with Gasteiger partial charge >= 0.3 is 5.97 Å². The third-order valence-electron chi connectivity index (χ3n) is 3.72. The van der Waals surface area contributed by atoms with Crippen molar-refractivity contribution in [1.82, 2.24) is 5.32 Å². The van der Waals surface area contributed by atoms with Crippen LogP contribution < -0.4 is 5.32 Å². The molecule has 6 heteroatoms. The second kappa shape index (κ2) is 8.37. The predicted molar refractivity (Wildman–Crippen MR) is 89.0 cm³/mol. The van der Waals surface area contributed by atoms with Gasteiger partial charge in [-0.2, -0.15) is 0 Å². The van der Waals surface area contributed by atoms with Crippen LogP contribution in [0.3, 0.4) is 0 Å². The van der Waals surface area contributed by atoms with Gasteiger partial charge in [0, 0.05) is 0 Å². The molecule has 0 bridgehead atoms. The molecule has 0 aromatic heterocycles. The van der Waals surface area contributed by atoms with Crippen LogP contribution in [-0.4, -0.2) is 18.5 Å². The minimum Gasteiger partial charge on any atom is -0.452 e. The first-order valence-corrected chi connectivity index (χ1v) is 7.89. The Hall–Kier alpha value is -2.76. The van der Waals surface area contributed by atoms with Gasteiger partial charge in [0.15, 0.2) is 6.61 Å². The minimum atomic E-state index is -1.21. The third kappa shape index (κ3) is 4.86. The molecule has 0 spiro atoms. The van der Waals surface area contributed by atoms with E-state index in [0.29, 0.717) is 6.42 Å². The maximum atomic E-state index is 13.5. The first-order valence-electron chi connectivity index (χ1n) is 7.89. The molecule has 1 amide bonds. The highest BCUT2D eigenvalue weighted by Crippen LogP contribution is 2.17. The van der Waals surface area contributed by atoms with E-state index in [1.165, 1.54) is 0 Å². The van der Waals surface area contributed by atoms with E-state index < -0.39 is 35.7 Å². The molecule has 0 aliphatic rings. The zero-order valence-electron chi connectivity index (χ0n) is 14.0. The van der Waals surface area contributed by atoms with E-state index in [1.54, 1.807) is 0 Å². The molecular formula is C19H19F2NO3. The maximum Gasteiger partial charge on any atom is 0.344 e. The monoisotopic (exact) mass is 347 g/mol. The van der Waals surface area contributed by atoms with Gasteiger partial charge in [-0.15, -0.1) is 0 Å². The molecule has 0 heterocycles. The number of hydrogen-bond donors (Lipinski definition) is 1. The molecule has 132 valence electrons. The number of carbonyl (C=O) groups excluding carboxylic acids is 2. The summed E-state index contributed by atoms with van der Waals surface area (Å²) in [6.45, 7) is 3.26. The van der Waals surface area contributed by atoms with Crippen LogP contribution in [0.1, 0.15) is 40.9 Å². The number of hydrogen-bond acceptors (Lipinski definition) is 3. The molecule has 0 fully saturated rings. The van der Waals surface area contributed by atoms with E-state index >= 15 is 0 Å². The summed E-state index contributed by atoms with van der Waals surface area (Å²) in [6, 6.07) is 10.5. The van der Waals surface area contributed by atoms with E-state index in [0.717, 1.165) is 29.3 Å². The lowest BCUT2D eigenvalue weighted by atomic mass is 10.0. The third-order valence-corrected chi connectivity index (χ3v) is 3.72. The van der Waals surface area contributed by atoms with E-state index in [1.807, 2.05) is 38.1 Å². The number of nitrogens with one attached hydrogen (secondary N) is 1. The summed E-state index contributed by atoms with van der Waals surface area (Å²) in [6.07, 6.45) is 0.644. The Morgan fingerprint density at radius 3 is 2.24 bits per heavy atom. The largest absolute Gasteiger partial charge is 0.452 e. The summed E-state index contributed by atoms with van der Waals surface area (Å²) in [5, 5.41) is 2.73. The van der Waals surface area contributed by atoms with Gasteiger partial charge in [0.05, 0.1) is 6.04 Å². The van der Waals surface area contributed by atoms with Crippen molar-refractivity contribution < 1.29 is 23.1 Å². The van der Waals surface area contributed by atoms with Crippen LogP contribution in [0.5, 0.6) is 0 Å². The van der Waals surface area contributed by atoms with Crippen molar-refractivity contribution in [2.24, 2.45) is 0 Å². The van der Waals surface area contributed by atoms with Gasteiger partial charge in [-0.3, -0.25) is 4.79 Å². The Bertz CT molecular complexity index is 740. The summed E-state index contributed by atoms with van der Waals surface area (Å²) >= 11 is 0. The van der Waals surface area contributed by atoms with Gasteiger partial charge in [-0.25, -0.2) is 13.6 Å². The lowest BCUT2D eigenvalue weighted by Gasteiger charge is -2.17. The predicted octanol–water partition coefficient (Wildman–Crippen LogP) is 3.70. The fourth-order valence-corrected chi connectivity index (χ4v) is 2.35. The highest BCUT2D eigenvalue weighted by atomic mass is 19.1. The molecule has 0 saturated carbocycles. The fourth-order valence-electron chi connectivity index (χ4n) is 2.35. The van der Waals surface area contributed by atoms with E-state index in [9.17, 15) is 18.4 Å². The number of benzene rings is 2. The normalized spacial score (nSPS) is 11.7. The van der Waals surface area contributed by atoms with Crippen molar-refractivity contribution in [1.29, 1.82) is 0 Å². The lowest BCUT2D eigenvalue weighted by Crippen LogP contribution is -2.32. The van der Waals surface area contributed by atoms with Crippen LogP contribution >= 0.6 is 0 Å². The van der Waals surface area contributed by atoms with Crippen LogP contribution in [0, 0.1) is 18.6 Å².